The van der Waals surface area contributed by atoms with E-state index < -0.39 is 33.7 Å². The van der Waals surface area contributed by atoms with Crippen molar-refractivity contribution in [1.82, 2.24) is 15.0 Å². The summed E-state index contributed by atoms with van der Waals surface area (Å²) in [6.45, 7) is 0.405. The molecule has 30 heavy (non-hydrogen) atoms. The zero-order valence-electron chi connectivity index (χ0n) is 15.6. The lowest BCUT2D eigenvalue weighted by molar-refractivity contribution is -0.140. The Morgan fingerprint density at radius 3 is 2.23 bits per heavy atom. The van der Waals surface area contributed by atoms with Crippen LogP contribution in [0.3, 0.4) is 0 Å². The molecule has 1 heterocycles. The van der Waals surface area contributed by atoms with Crippen LogP contribution in [0.5, 0.6) is 0 Å². The molecule has 0 fully saturated rings. The summed E-state index contributed by atoms with van der Waals surface area (Å²) in [5.41, 5.74) is 5.49. The smallest absolute Gasteiger partial charge is 0.331 e. The van der Waals surface area contributed by atoms with Crippen LogP contribution >= 0.6 is 0 Å². The van der Waals surface area contributed by atoms with Crippen LogP contribution in [0.4, 0.5) is 17.8 Å². The van der Waals surface area contributed by atoms with E-state index in [0.29, 0.717) is 6.54 Å². The van der Waals surface area contributed by atoms with E-state index in [0.717, 1.165) is 0 Å². The van der Waals surface area contributed by atoms with Crippen molar-refractivity contribution in [3.05, 3.63) is 23.4 Å². The van der Waals surface area contributed by atoms with Gasteiger partial charge in [-0.3, -0.25) is 9.35 Å². The molecule has 0 saturated carbocycles. The molecule has 1 aliphatic carbocycles. The number of aliphatic carboxylic acids is 2. The number of anilines is 3. The van der Waals surface area contributed by atoms with Crippen LogP contribution < -0.4 is 21.7 Å². The first-order valence-corrected chi connectivity index (χ1v) is 10.2. The maximum atomic E-state index is 11.3. The summed E-state index contributed by atoms with van der Waals surface area (Å²) in [5.74, 6) is -4.07. The summed E-state index contributed by atoms with van der Waals surface area (Å²) in [6.07, 6.45) is 2.43. The molecule has 0 radical (unpaired) electrons. The molecule has 0 aromatic carbocycles. The van der Waals surface area contributed by atoms with E-state index in [4.69, 9.17) is 10.3 Å². The molecule has 15 heteroatoms. The van der Waals surface area contributed by atoms with Gasteiger partial charge in [-0.05, 0) is 18.6 Å². The largest absolute Gasteiger partial charge is 0.481 e. The molecule has 1 aromatic heterocycles. The van der Waals surface area contributed by atoms with E-state index in [1.165, 1.54) is 12.2 Å². The topological polar surface area (TPSA) is 230 Å². The van der Waals surface area contributed by atoms with E-state index in [-0.39, 0.29) is 48.6 Å². The molecule has 2 rings (SSSR count). The maximum absolute atomic E-state index is 11.3. The van der Waals surface area contributed by atoms with Crippen molar-refractivity contribution in [3.8, 4) is 0 Å². The number of hydrogen-bond acceptors (Lipinski definition) is 11. The number of nitrogens with zero attached hydrogens (tertiary/aromatic N) is 3. The highest BCUT2D eigenvalue weighted by atomic mass is 32.2. The van der Waals surface area contributed by atoms with E-state index in [1.54, 1.807) is 0 Å². The number of nitrogens with two attached hydrogens (primary N) is 1. The van der Waals surface area contributed by atoms with E-state index in [2.05, 4.69) is 30.9 Å². The summed E-state index contributed by atoms with van der Waals surface area (Å²) < 4.78 is 30.5. The number of carboxylic acids is 2. The molecule has 164 valence electrons. The Bertz CT molecular complexity index is 978. The standard InChI is InChI=1S/C15H21N7O7S/c16-1-2-17-13-20-14(18-3-4-30(27,28)29)22-15(21-13)19-10-6-8(11(23)24)5-9(7-10)12(25)26/h6-8H,1-5,16H2,(H,23,24)(H,25,26)(H,27,28,29)(H3,17,18,19,20,21,22). The van der Waals surface area contributed by atoms with Crippen molar-refractivity contribution in [3.63, 3.8) is 0 Å². The summed E-state index contributed by atoms with van der Waals surface area (Å²) >= 11 is 0. The maximum Gasteiger partial charge on any atom is 0.331 e. The average molecular weight is 443 g/mol. The van der Waals surface area contributed by atoms with Gasteiger partial charge in [0, 0.05) is 30.9 Å². The van der Waals surface area contributed by atoms with Crippen molar-refractivity contribution in [2.75, 3.05) is 41.3 Å². The van der Waals surface area contributed by atoms with E-state index in [1.807, 2.05) is 0 Å². The second kappa shape index (κ2) is 9.95. The lowest BCUT2D eigenvalue weighted by atomic mass is 9.93. The van der Waals surface area contributed by atoms with Crippen LogP contribution in [0.2, 0.25) is 0 Å². The second-order valence-corrected chi connectivity index (χ2v) is 7.68. The van der Waals surface area contributed by atoms with Crippen LogP contribution in [0.15, 0.2) is 23.4 Å². The Labute approximate surface area is 171 Å². The number of nitrogens with one attached hydrogen (secondary N) is 3. The van der Waals surface area contributed by atoms with Crippen LogP contribution in [0.1, 0.15) is 6.42 Å². The lowest BCUT2D eigenvalue weighted by Crippen LogP contribution is -2.21. The van der Waals surface area contributed by atoms with Gasteiger partial charge in [0.2, 0.25) is 17.8 Å². The average Bonchev–Trinajstić information content (AvgIpc) is 2.65. The summed E-state index contributed by atoms with van der Waals surface area (Å²) in [6, 6.07) is 0. The molecular formula is C15H21N7O7S. The van der Waals surface area contributed by atoms with Crippen molar-refractivity contribution < 1.29 is 32.8 Å². The molecule has 0 saturated heterocycles. The van der Waals surface area contributed by atoms with Crippen LogP contribution in [0, 0.1) is 5.92 Å². The molecule has 14 nitrogen and oxygen atoms in total. The SMILES string of the molecule is NCCNc1nc(NCCS(=O)(=O)O)nc(NC2=CC(C(=O)O)CC(C(=O)O)=C2)n1. The predicted molar refractivity (Wildman–Crippen MR) is 105 cm³/mol. The number of allylic oxidation sites excluding steroid dienone is 1. The minimum atomic E-state index is -4.19. The summed E-state index contributed by atoms with van der Waals surface area (Å²) in [7, 11) is -4.19. The van der Waals surface area contributed by atoms with E-state index in [9.17, 15) is 28.2 Å². The van der Waals surface area contributed by atoms with E-state index >= 15 is 0 Å². The fraction of sp³-hybridized carbons (Fsp3) is 0.400. The Hall–Kier alpha value is -3.30. The number of carbonyl (C=O) groups is 2. The van der Waals surface area contributed by atoms with Gasteiger partial charge in [0.15, 0.2) is 0 Å². The van der Waals surface area contributed by atoms with Gasteiger partial charge in [0.05, 0.1) is 11.7 Å². The lowest BCUT2D eigenvalue weighted by Gasteiger charge is -2.18. The Morgan fingerprint density at radius 1 is 1.10 bits per heavy atom. The highest BCUT2D eigenvalue weighted by molar-refractivity contribution is 7.85. The molecule has 8 N–H and O–H groups in total. The fourth-order valence-electron chi connectivity index (χ4n) is 2.39. The Kier molecular flexibility index (Phi) is 7.62. The number of aromatic nitrogens is 3. The van der Waals surface area contributed by atoms with Crippen LogP contribution in [-0.4, -0.2) is 75.5 Å². The third-order valence-corrected chi connectivity index (χ3v) is 4.42. The monoisotopic (exact) mass is 443 g/mol. The Morgan fingerprint density at radius 2 is 1.70 bits per heavy atom. The number of rotatable bonds is 11. The molecule has 1 atom stereocenters. The van der Waals surface area contributed by atoms with Gasteiger partial charge in [-0.15, -0.1) is 0 Å². The molecule has 0 aliphatic heterocycles. The van der Waals surface area contributed by atoms with Gasteiger partial charge in [-0.25, -0.2) is 4.79 Å². The van der Waals surface area contributed by atoms with Gasteiger partial charge >= 0.3 is 11.9 Å². The third-order valence-electron chi connectivity index (χ3n) is 3.70. The molecular weight excluding hydrogens is 422 g/mol. The zero-order valence-corrected chi connectivity index (χ0v) is 16.4. The summed E-state index contributed by atoms with van der Waals surface area (Å²) in [5, 5.41) is 26.6. The highest BCUT2D eigenvalue weighted by Gasteiger charge is 2.25. The number of hydrogen-bond donors (Lipinski definition) is 7. The molecule has 0 bridgehead atoms. The van der Waals surface area contributed by atoms with Crippen molar-refractivity contribution in [2.24, 2.45) is 11.7 Å². The van der Waals surface area contributed by atoms with Crippen molar-refractivity contribution in [2.45, 2.75) is 6.42 Å². The minimum Gasteiger partial charge on any atom is -0.481 e. The van der Waals surface area contributed by atoms with Crippen molar-refractivity contribution >= 4 is 39.9 Å². The first kappa shape index (κ1) is 23.0. The zero-order chi connectivity index (χ0) is 22.3. The van der Waals surface area contributed by atoms with Crippen LogP contribution in [-0.2, 0) is 19.7 Å². The van der Waals surface area contributed by atoms with Gasteiger partial charge in [-0.2, -0.15) is 23.4 Å². The van der Waals surface area contributed by atoms with Gasteiger partial charge in [0.25, 0.3) is 10.1 Å². The number of carboxylic acid groups (broad SMARTS) is 2. The first-order chi connectivity index (χ1) is 14.1. The molecule has 1 aliphatic rings. The quantitative estimate of drug-likeness (QED) is 0.202. The third kappa shape index (κ3) is 7.26. The predicted octanol–water partition coefficient (Wildman–Crippen LogP) is -1.05. The minimum absolute atomic E-state index is 0.0377. The van der Waals surface area contributed by atoms with Gasteiger partial charge < -0.3 is 31.9 Å². The summed E-state index contributed by atoms with van der Waals surface area (Å²) in [4.78, 5) is 34.8. The molecule has 0 spiro atoms. The van der Waals surface area contributed by atoms with Gasteiger partial charge in [-0.1, -0.05) is 0 Å². The van der Waals surface area contributed by atoms with Crippen molar-refractivity contribution in [1.29, 1.82) is 0 Å². The molecule has 1 aromatic rings. The normalized spacial score (nSPS) is 16.3. The fourth-order valence-corrected chi connectivity index (χ4v) is 2.75. The molecule has 0 amide bonds. The van der Waals surface area contributed by atoms with Crippen LogP contribution in [0.25, 0.3) is 0 Å². The Balaban J connectivity index is 2.28. The second-order valence-electron chi connectivity index (χ2n) is 6.11. The van der Waals surface area contributed by atoms with Gasteiger partial charge in [0.1, 0.15) is 0 Å². The molecule has 1 unspecified atom stereocenters. The first-order valence-electron chi connectivity index (χ1n) is 8.62. The highest BCUT2D eigenvalue weighted by Crippen LogP contribution is 2.24.